The molecule has 0 unspecified atom stereocenters. The first kappa shape index (κ1) is 12.8. The molecule has 20 heavy (non-hydrogen) atoms. The first-order valence-electron chi connectivity index (χ1n) is 5.95. The van der Waals surface area contributed by atoms with Gasteiger partial charge < -0.3 is 0 Å². The predicted octanol–water partition coefficient (Wildman–Crippen LogP) is 2.72. The summed E-state index contributed by atoms with van der Waals surface area (Å²) in [5.41, 5.74) is 1.07. The Labute approximate surface area is 115 Å². The molecular formula is C14H11FN2O2S. The van der Waals surface area contributed by atoms with E-state index in [9.17, 15) is 12.8 Å². The first-order chi connectivity index (χ1) is 9.50. The molecule has 0 atom stereocenters. The van der Waals surface area contributed by atoms with Crippen molar-refractivity contribution >= 4 is 20.9 Å². The van der Waals surface area contributed by atoms with Crippen LogP contribution in [0.15, 0.2) is 53.4 Å². The number of hydrogen-bond donors (Lipinski definition) is 0. The highest BCUT2D eigenvalue weighted by molar-refractivity contribution is 7.90. The lowest BCUT2D eigenvalue weighted by atomic mass is 10.2. The second-order valence-corrected chi connectivity index (χ2v) is 6.24. The molecule has 0 aliphatic rings. The third kappa shape index (κ3) is 1.89. The van der Waals surface area contributed by atoms with Crippen molar-refractivity contribution in [2.24, 2.45) is 0 Å². The van der Waals surface area contributed by atoms with E-state index in [4.69, 9.17) is 0 Å². The smallest absolute Gasteiger partial charge is 0.199 e. The van der Waals surface area contributed by atoms with E-state index >= 15 is 0 Å². The Morgan fingerprint density at radius 2 is 1.80 bits per heavy atom. The summed E-state index contributed by atoms with van der Waals surface area (Å²) in [6.07, 6.45) is 0. The number of fused-ring (bicyclic) bond motifs is 1. The topological polar surface area (TPSA) is 52.0 Å². The van der Waals surface area contributed by atoms with Crippen LogP contribution >= 0.6 is 0 Å². The maximum absolute atomic E-state index is 13.8. The van der Waals surface area contributed by atoms with Crippen LogP contribution in [-0.4, -0.2) is 17.6 Å². The number of aromatic nitrogens is 2. The summed E-state index contributed by atoms with van der Waals surface area (Å²) >= 11 is 0. The maximum Gasteiger partial charge on any atom is 0.283 e. The Bertz CT molecular complexity index is 886. The summed E-state index contributed by atoms with van der Waals surface area (Å²) in [5.74, 6) is -0.789. The van der Waals surface area contributed by atoms with Gasteiger partial charge in [-0.05, 0) is 31.2 Å². The van der Waals surface area contributed by atoms with Gasteiger partial charge in [0.05, 0.1) is 15.8 Å². The zero-order chi connectivity index (χ0) is 14.3. The number of aryl methyl sites for hydroxylation is 1. The van der Waals surface area contributed by atoms with E-state index in [2.05, 4.69) is 5.10 Å². The normalized spacial score (nSPS) is 11.9. The van der Waals surface area contributed by atoms with E-state index in [1.54, 1.807) is 36.4 Å². The van der Waals surface area contributed by atoms with Crippen LogP contribution in [0.5, 0.6) is 0 Å². The molecule has 3 rings (SSSR count). The average Bonchev–Trinajstić information content (AvgIpc) is 2.77. The molecule has 102 valence electrons. The molecule has 3 aromatic rings. The van der Waals surface area contributed by atoms with Crippen molar-refractivity contribution in [1.82, 2.24) is 9.19 Å². The summed E-state index contributed by atoms with van der Waals surface area (Å²) < 4.78 is 39.5. The van der Waals surface area contributed by atoms with Gasteiger partial charge in [0.25, 0.3) is 10.0 Å². The molecule has 0 saturated heterocycles. The van der Waals surface area contributed by atoms with Crippen LogP contribution in [0, 0.1) is 12.9 Å². The Morgan fingerprint density at radius 3 is 2.50 bits per heavy atom. The lowest BCUT2D eigenvalue weighted by Crippen LogP contribution is -2.14. The molecule has 0 bridgehead atoms. The van der Waals surface area contributed by atoms with E-state index in [1.807, 2.05) is 6.92 Å². The first-order valence-corrected chi connectivity index (χ1v) is 7.40. The zero-order valence-electron chi connectivity index (χ0n) is 10.6. The van der Waals surface area contributed by atoms with Gasteiger partial charge in [0.1, 0.15) is 0 Å². The highest BCUT2D eigenvalue weighted by atomic mass is 32.2. The zero-order valence-corrected chi connectivity index (χ0v) is 11.4. The summed E-state index contributed by atoms with van der Waals surface area (Å²) in [6.45, 7) is 1.81. The van der Waals surface area contributed by atoms with Crippen LogP contribution < -0.4 is 0 Å². The molecule has 0 aliphatic heterocycles. The van der Waals surface area contributed by atoms with Crippen LogP contribution in [0.4, 0.5) is 4.39 Å². The summed E-state index contributed by atoms with van der Waals surface area (Å²) in [6, 6.07) is 12.7. The molecule has 4 nitrogen and oxygen atoms in total. The third-order valence-corrected chi connectivity index (χ3v) is 4.63. The monoisotopic (exact) mass is 290 g/mol. The van der Waals surface area contributed by atoms with Crippen molar-refractivity contribution in [3.8, 4) is 0 Å². The Balaban J connectivity index is 2.31. The van der Waals surface area contributed by atoms with Crippen LogP contribution in [0.2, 0.25) is 0 Å². The number of nitrogens with zero attached hydrogens (tertiary/aromatic N) is 2. The molecule has 6 heteroatoms. The van der Waals surface area contributed by atoms with Crippen molar-refractivity contribution in [3.63, 3.8) is 0 Å². The van der Waals surface area contributed by atoms with Crippen LogP contribution in [-0.2, 0) is 10.0 Å². The lowest BCUT2D eigenvalue weighted by molar-refractivity contribution is 0.556. The minimum atomic E-state index is -3.89. The second kappa shape index (κ2) is 4.42. The third-order valence-electron chi connectivity index (χ3n) is 3.03. The van der Waals surface area contributed by atoms with E-state index in [0.29, 0.717) is 0 Å². The molecule has 1 aromatic heterocycles. The Hall–Kier alpha value is -2.21. The fraction of sp³-hybridized carbons (Fsp3) is 0.0714. The van der Waals surface area contributed by atoms with Gasteiger partial charge in [0.15, 0.2) is 0 Å². The minimum Gasteiger partial charge on any atom is -0.199 e. The van der Waals surface area contributed by atoms with E-state index in [-0.39, 0.29) is 15.8 Å². The fourth-order valence-electron chi connectivity index (χ4n) is 2.04. The van der Waals surface area contributed by atoms with Crippen LogP contribution in [0.3, 0.4) is 0 Å². The number of rotatable bonds is 2. The summed E-state index contributed by atoms with van der Waals surface area (Å²) in [4.78, 5) is 0.0741. The molecule has 0 saturated carbocycles. The van der Waals surface area contributed by atoms with E-state index in [1.165, 1.54) is 12.1 Å². The summed E-state index contributed by atoms with van der Waals surface area (Å²) in [7, 11) is -3.89. The van der Waals surface area contributed by atoms with Crippen molar-refractivity contribution in [2.45, 2.75) is 11.8 Å². The largest absolute Gasteiger partial charge is 0.283 e. The van der Waals surface area contributed by atoms with Crippen LogP contribution in [0.1, 0.15) is 5.56 Å². The second-order valence-electron chi connectivity index (χ2n) is 4.47. The average molecular weight is 290 g/mol. The van der Waals surface area contributed by atoms with Gasteiger partial charge in [0, 0.05) is 0 Å². The standard InChI is InChI=1S/C14H11FN2O2S/c1-10-7-8-13-12(9-10)14(15)16-17(13)20(18,19)11-5-3-2-4-6-11/h2-9H,1H3. The van der Waals surface area contributed by atoms with Gasteiger partial charge in [-0.15, -0.1) is 5.10 Å². The molecule has 0 fully saturated rings. The fourth-order valence-corrected chi connectivity index (χ4v) is 3.34. The molecule has 2 aromatic carbocycles. The van der Waals surface area contributed by atoms with Crippen molar-refractivity contribution in [3.05, 3.63) is 60.0 Å². The van der Waals surface area contributed by atoms with Crippen LogP contribution in [0.25, 0.3) is 10.9 Å². The number of halogens is 1. The SMILES string of the molecule is Cc1ccc2c(c1)c(F)nn2S(=O)(=O)c1ccccc1. The maximum atomic E-state index is 13.8. The Morgan fingerprint density at radius 1 is 1.10 bits per heavy atom. The lowest BCUT2D eigenvalue weighted by Gasteiger charge is -2.05. The highest BCUT2D eigenvalue weighted by Crippen LogP contribution is 2.23. The van der Waals surface area contributed by atoms with Crippen molar-refractivity contribution < 1.29 is 12.8 Å². The quantitative estimate of drug-likeness (QED) is 0.729. The van der Waals surface area contributed by atoms with E-state index in [0.717, 1.165) is 9.65 Å². The van der Waals surface area contributed by atoms with Gasteiger partial charge in [-0.25, -0.2) is 0 Å². The van der Waals surface area contributed by atoms with Gasteiger partial charge >= 0.3 is 0 Å². The van der Waals surface area contributed by atoms with Gasteiger partial charge in [-0.1, -0.05) is 29.8 Å². The number of benzene rings is 2. The Kier molecular flexibility index (Phi) is 2.83. The van der Waals surface area contributed by atoms with Gasteiger partial charge in [-0.3, -0.25) is 0 Å². The molecule has 0 N–H and O–H groups in total. The number of hydrogen-bond acceptors (Lipinski definition) is 3. The highest BCUT2D eigenvalue weighted by Gasteiger charge is 2.22. The molecule has 0 amide bonds. The summed E-state index contributed by atoms with van der Waals surface area (Å²) in [5, 5.41) is 3.74. The van der Waals surface area contributed by atoms with Crippen molar-refractivity contribution in [2.75, 3.05) is 0 Å². The molecule has 1 heterocycles. The van der Waals surface area contributed by atoms with Gasteiger partial charge in [-0.2, -0.15) is 16.9 Å². The van der Waals surface area contributed by atoms with Crippen molar-refractivity contribution in [1.29, 1.82) is 0 Å². The van der Waals surface area contributed by atoms with Gasteiger partial charge in [0.2, 0.25) is 5.95 Å². The molecule has 0 radical (unpaired) electrons. The molecular weight excluding hydrogens is 279 g/mol. The predicted molar refractivity (Wildman–Crippen MR) is 73.5 cm³/mol. The van der Waals surface area contributed by atoms with E-state index < -0.39 is 16.0 Å². The molecule has 0 aliphatic carbocycles. The minimum absolute atomic E-state index is 0.0741. The molecule has 0 spiro atoms.